The molecule has 1 fully saturated rings. The Hall–Kier alpha value is -1.75. The third-order valence-corrected chi connectivity index (χ3v) is 3.93. The van der Waals surface area contributed by atoms with E-state index < -0.39 is 12.0 Å². The highest BCUT2D eigenvalue weighted by Gasteiger charge is 2.27. The number of aliphatic carboxylic acids is 1. The van der Waals surface area contributed by atoms with Gasteiger partial charge in [0.1, 0.15) is 5.82 Å². The van der Waals surface area contributed by atoms with Crippen molar-refractivity contribution in [1.29, 1.82) is 0 Å². The standard InChI is InChI=1S/C16H20FNO3/c1-10-8-11(6-7-13(10)17)16(21)14(9-15(19)20)18-12-4-2-3-5-12/h6-8,12,14,18H,2-5,9H2,1H3,(H,19,20). The van der Waals surface area contributed by atoms with Crippen LogP contribution in [0.4, 0.5) is 4.39 Å². The summed E-state index contributed by atoms with van der Waals surface area (Å²) in [5.41, 5.74) is 0.737. The van der Waals surface area contributed by atoms with Crippen LogP contribution in [-0.2, 0) is 4.79 Å². The van der Waals surface area contributed by atoms with Crippen molar-refractivity contribution >= 4 is 11.8 Å². The summed E-state index contributed by atoms with van der Waals surface area (Å²) in [6.45, 7) is 1.59. The number of benzene rings is 1. The lowest BCUT2D eigenvalue weighted by Gasteiger charge is -2.20. The van der Waals surface area contributed by atoms with Gasteiger partial charge < -0.3 is 10.4 Å². The van der Waals surface area contributed by atoms with Gasteiger partial charge in [-0.3, -0.25) is 9.59 Å². The monoisotopic (exact) mass is 293 g/mol. The first-order valence-corrected chi connectivity index (χ1v) is 7.25. The number of aryl methyl sites for hydroxylation is 1. The molecule has 2 rings (SSSR count). The number of carbonyl (C=O) groups is 2. The molecule has 0 aromatic heterocycles. The molecule has 2 N–H and O–H groups in total. The average Bonchev–Trinajstić information content (AvgIpc) is 2.93. The molecule has 0 bridgehead atoms. The summed E-state index contributed by atoms with van der Waals surface area (Å²) >= 11 is 0. The van der Waals surface area contributed by atoms with Crippen LogP contribution in [0, 0.1) is 12.7 Å². The van der Waals surface area contributed by atoms with Crippen molar-refractivity contribution in [2.24, 2.45) is 0 Å². The fourth-order valence-corrected chi connectivity index (χ4v) is 2.78. The minimum atomic E-state index is -1.02. The number of carboxylic acid groups (broad SMARTS) is 1. The van der Waals surface area contributed by atoms with Gasteiger partial charge in [0.2, 0.25) is 0 Å². The lowest BCUT2D eigenvalue weighted by Crippen LogP contribution is -2.43. The van der Waals surface area contributed by atoms with E-state index >= 15 is 0 Å². The molecule has 0 aliphatic heterocycles. The number of ketones is 1. The topological polar surface area (TPSA) is 66.4 Å². The maximum absolute atomic E-state index is 13.3. The lowest BCUT2D eigenvalue weighted by atomic mass is 9.98. The van der Waals surface area contributed by atoms with E-state index in [2.05, 4.69) is 5.32 Å². The van der Waals surface area contributed by atoms with E-state index in [0.717, 1.165) is 25.7 Å². The summed E-state index contributed by atoms with van der Waals surface area (Å²) in [5.74, 6) is -1.67. The van der Waals surface area contributed by atoms with Gasteiger partial charge in [0.15, 0.2) is 5.78 Å². The maximum atomic E-state index is 13.3. The van der Waals surface area contributed by atoms with Gasteiger partial charge in [-0.25, -0.2) is 4.39 Å². The fraction of sp³-hybridized carbons (Fsp3) is 0.500. The van der Waals surface area contributed by atoms with Crippen molar-refractivity contribution in [3.05, 3.63) is 35.1 Å². The van der Waals surface area contributed by atoms with Crippen molar-refractivity contribution in [3.63, 3.8) is 0 Å². The predicted octanol–water partition coefficient (Wildman–Crippen LogP) is 2.69. The number of rotatable bonds is 6. The number of hydrogen-bond acceptors (Lipinski definition) is 3. The molecule has 1 aromatic rings. The molecule has 21 heavy (non-hydrogen) atoms. The Labute approximate surface area is 123 Å². The highest BCUT2D eigenvalue weighted by molar-refractivity contribution is 6.01. The van der Waals surface area contributed by atoms with E-state index in [4.69, 9.17) is 5.11 Å². The molecule has 0 saturated heterocycles. The van der Waals surface area contributed by atoms with Crippen LogP contribution in [0.5, 0.6) is 0 Å². The molecule has 114 valence electrons. The molecule has 0 heterocycles. The first-order chi connectivity index (χ1) is 9.97. The normalized spacial score (nSPS) is 16.9. The number of Topliss-reactive ketones (excluding diaryl/α,β-unsaturated/α-hetero) is 1. The van der Waals surface area contributed by atoms with Gasteiger partial charge in [0.05, 0.1) is 12.5 Å². The van der Waals surface area contributed by atoms with Crippen LogP contribution < -0.4 is 5.32 Å². The second kappa shape index (κ2) is 6.80. The minimum Gasteiger partial charge on any atom is -0.481 e. The Bertz CT molecular complexity index is 538. The van der Waals surface area contributed by atoms with Gasteiger partial charge in [-0.05, 0) is 43.5 Å². The summed E-state index contributed by atoms with van der Waals surface area (Å²) in [6.07, 6.45) is 3.87. The zero-order valence-corrected chi connectivity index (χ0v) is 12.1. The number of hydrogen-bond donors (Lipinski definition) is 2. The van der Waals surface area contributed by atoms with E-state index in [-0.39, 0.29) is 24.1 Å². The van der Waals surface area contributed by atoms with Gasteiger partial charge in [-0.1, -0.05) is 12.8 Å². The van der Waals surface area contributed by atoms with Gasteiger partial charge in [-0.2, -0.15) is 0 Å². The van der Waals surface area contributed by atoms with E-state index in [1.165, 1.54) is 18.2 Å². The second-order valence-corrected chi connectivity index (χ2v) is 5.63. The third-order valence-electron chi connectivity index (χ3n) is 3.93. The van der Waals surface area contributed by atoms with Crippen LogP contribution in [0.2, 0.25) is 0 Å². The van der Waals surface area contributed by atoms with E-state index in [9.17, 15) is 14.0 Å². The molecule has 1 saturated carbocycles. The first kappa shape index (κ1) is 15.6. The Balaban J connectivity index is 2.15. The van der Waals surface area contributed by atoms with Crippen molar-refractivity contribution in [2.45, 2.75) is 51.1 Å². The van der Waals surface area contributed by atoms with E-state index in [1.54, 1.807) is 6.92 Å². The molecular formula is C16H20FNO3. The minimum absolute atomic E-state index is 0.194. The Morgan fingerprint density at radius 1 is 1.38 bits per heavy atom. The first-order valence-electron chi connectivity index (χ1n) is 7.25. The van der Waals surface area contributed by atoms with Crippen LogP contribution >= 0.6 is 0 Å². The number of carbonyl (C=O) groups excluding carboxylic acids is 1. The summed E-state index contributed by atoms with van der Waals surface area (Å²) < 4.78 is 13.3. The quantitative estimate of drug-likeness (QED) is 0.791. The molecule has 0 spiro atoms. The molecule has 4 nitrogen and oxygen atoms in total. The Morgan fingerprint density at radius 3 is 2.62 bits per heavy atom. The van der Waals surface area contributed by atoms with Gasteiger partial charge in [-0.15, -0.1) is 0 Å². The van der Waals surface area contributed by atoms with Crippen LogP contribution in [0.3, 0.4) is 0 Å². The zero-order valence-electron chi connectivity index (χ0n) is 12.1. The Kier molecular flexibility index (Phi) is 5.07. The van der Waals surface area contributed by atoms with Crippen molar-refractivity contribution in [3.8, 4) is 0 Å². The zero-order chi connectivity index (χ0) is 15.4. The van der Waals surface area contributed by atoms with Gasteiger partial charge in [0.25, 0.3) is 0 Å². The Morgan fingerprint density at radius 2 is 2.05 bits per heavy atom. The van der Waals surface area contributed by atoms with Crippen LogP contribution in [0.25, 0.3) is 0 Å². The molecular weight excluding hydrogens is 273 g/mol. The predicted molar refractivity (Wildman–Crippen MR) is 76.9 cm³/mol. The molecule has 0 radical (unpaired) electrons. The van der Waals surface area contributed by atoms with Gasteiger partial charge >= 0.3 is 5.97 Å². The molecule has 1 aliphatic carbocycles. The summed E-state index contributed by atoms with van der Waals surface area (Å²) in [6, 6.07) is 3.57. The maximum Gasteiger partial charge on any atom is 0.305 e. The highest BCUT2D eigenvalue weighted by atomic mass is 19.1. The summed E-state index contributed by atoms with van der Waals surface area (Å²) in [7, 11) is 0. The van der Waals surface area contributed by atoms with Crippen molar-refractivity contribution in [1.82, 2.24) is 5.32 Å². The van der Waals surface area contributed by atoms with Gasteiger partial charge in [0, 0.05) is 11.6 Å². The molecule has 0 amide bonds. The fourth-order valence-electron chi connectivity index (χ4n) is 2.78. The smallest absolute Gasteiger partial charge is 0.305 e. The van der Waals surface area contributed by atoms with E-state index in [1.807, 2.05) is 0 Å². The van der Waals surface area contributed by atoms with Crippen LogP contribution in [-0.4, -0.2) is 28.9 Å². The highest BCUT2D eigenvalue weighted by Crippen LogP contribution is 2.20. The lowest BCUT2D eigenvalue weighted by molar-refractivity contribution is -0.137. The van der Waals surface area contributed by atoms with Crippen LogP contribution in [0.15, 0.2) is 18.2 Å². The average molecular weight is 293 g/mol. The largest absolute Gasteiger partial charge is 0.481 e. The van der Waals surface area contributed by atoms with Crippen molar-refractivity contribution in [2.75, 3.05) is 0 Å². The van der Waals surface area contributed by atoms with Crippen LogP contribution in [0.1, 0.15) is 48.0 Å². The molecule has 1 aromatic carbocycles. The summed E-state index contributed by atoms with van der Waals surface area (Å²) in [5, 5.41) is 12.2. The molecule has 5 heteroatoms. The number of nitrogens with one attached hydrogen (secondary N) is 1. The number of carboxylic acids is 1. The molecule has 1 atom stereocenters. The van der Waals surface area contributed by atoms with Crippen molar-refractivity contribution < 1.29 is 19.1 Å². The SMILES string of the molecule is Cc1cc(C(=O)C(CC(=O)O)NC2CCCC2)ccc1F. The summed E-state index contributed by atoms with van der Waals surface area (Å²) in [4.78, 5) is 23.5. The third kappa shape index (κ3) is 4.11. The molecule has 1 unspecified atom stereocenters. The second-order valence-electron chi connectivity index (χ2n) is 5.63. The molecule has 1 aliphatic rings. The number of halogens is 1. The van der Waals surface area contributed by atoms with E-state index in [0.29, 0.717) is 11.1 Å².